The van der Waals surface area contributed by atoms with Gasteiger partial charge in [0.1, 0.15) is 0 Å². The van der Waals surface area contributed by atoms with Crippen LogP contribution in [0.4, 0.5) is 0 Å². The molecule has 0 aromatic carbocycles. The Hall–Kier alpha value is -1.97. The molecule has 3 nitrogen and oxygen atoms in total. The van der Waals surface area contributed by atoms with Gasteiger partial charge in [-0.15, -0.1) is 0 Å². The Morgan fingerprint density at radius 3 is 1.81 bits per heavy atom. The van der Waals surface area contributed by atoms with Crippen molar-refractivity contribution in [3.05, 3.63) is 72.9 Å². The highest BCUT2D eigenvalue weighted by molar-refractivity contribution is 5.94. The standard InChI is InChI=1S/C24H37NO2/c1-2-3-4-5-6-7-8-9-10-11-12-13-14-15-16-17-18-19-20-21-24(27)23(25)22-26/h10-21,23,26H,2-9,22,25H2,1H3/b11-10+,13-12+,15-14+,17-16+,19-18+,21-20+. The van der Waals surface area contributed by atoms with Gasteiger partial charge in [-0.25, -0.2) is 0 Å². The van der Waals surface area contributed by atoms with Gasteiger partial charge < -0.3 is 10.8 Å². The average molecular weight is 372 g/mol. The van der Waals surface area contributed by atoms with Crippen molar-refractivity contribution in [1.82, 2.24) is 0 Å². The Morgan fingerprint density at radius 2 is 1.26 bits per heavy atom. The van der Waals surface area contributed by atoms with E-state index < -0.39 is 6.04 Å². The average Bonchev–Trinajstić information content (AvgIpc) is 2.68. The minimum Gasteiger partial charge on any atom is -0.394 e. The van der Waals surface area contributed by atoms with Gasteiger partial charge >= 0.3 is 0 Å². The van der Waals surface area contributed by atoms with Crippen molar-refractivity contribution in [2.45, 2.75) is 64.3 Å². The van der Waals surface area contributed by atoms with Gasteiger partial charge in [0.25, 0.3) is 0 Å². The van der Waals surface area contributed by atoms with Crippen molar-refractivity contribution >= 4 is 5.78 Å². The highest BCUT2D eigenvalue weighted by Crippen LogP contribution is 2.08. The number of allylic oxidation sites excluding steroid dienone is 11. The molecular weight excluding hydrogens is 334 g/mol. The lowest BCUT2D eigenvalue weighted by Crippen LogP contribution is -2.32. The van der Waals surface area contributed by atoms with Gasteiger partial charge in [-0.05, 0) is 18.9 Å². The number of rotatable bonds is 16. The summed E-state index contributed by atoms with van der Waals surface area (Å²) in [6, 6.07) is -0.829. The molecule has 0 spiro atoms. The van der Waals surface area contributed by atoms with E-state index in [1.54, 1.807) is 12.2 Å². The Morgan fingerprint density at radius 1 is 0.778 bits per heavy atom. The summed E-state index contributed by atoms with van der Waals surface area (Å²) in [6.07, 6.45) is 33.3. The van der Waals surface area contributed by atoms with Crippen LogP contribution in [0.25, 0.3) is 0 Å². The van der Waals surface area contributed by atoms with Gasteiger partial charge in [-0.3, -0.25) is 4.79 Å². The molecule has 1 unspecified atom stereocenters. The van der Waals surface area contributed by atoms with Crippen LogP contribution in [0.2, 0.25) is 0 Å². The SMILES string of the molecule is CCCCCCCCC/C=C/C=C/C=C/C=C/C=C/C=C/C(=O)C(N)CO. The summed E-state index contributed by atoms with van der Waals surface area (Å²) >= 11 is 0. The molecule has 27 heavy (non-hydrogen) atoms. The van der Waals surface area contributed by atoms with Crippen molar-refractivity contribution in [1.29, 1.82) is 0 Å². The molecule has 0 saturated heterocycles. The fourth-order valence-corrected chi connectivity index (χ4v) is 2.27. The first-order chi connectivity index (χ1) is 13.2. The fourth-order valence-electron chi connectivity index (χ4n) is 2.27. The lowest BCUT2D eigenvalue weighted by Gasteiger charge is -2.00. The lowest BCUT2D eigenvalue weighted by molar-refractivity contribution is -0.116. The molecule has 150 valence electrons. The maximum Gasteiger partial charge on any atom is 0.174 e. The Labute approximate surface area is 165 Å². The second kappa shape index (κ2) is 20.3. The van der Waals surface area contributed by atoms with Crippen LogP contribution < -0.4 is 5.73 Å². The predicted molar refractivity (Wildman–Crippen MR) is 118 cm³/mol. The normalized spacial score (nSPS) is 14.2. The first kappa shape index (κ1) is 25.0. The van der Waals surface area contributed by atoms with Crippen LogP contribution in [0, 0.1) is 0 Å². The molecule has 3 heteroatoms. The molecule has 0 fully saturated rings. The quantitative estimate of drug-likeness (QED) is 0.218. The van der Waals surface area contributed by atoms with E-state index in [1.165, 1.54) is 51.0 Å². The molecule has 0 aliphatic heterocycles. The van der Waals surface area contributed by atoms with Crippen molar-refractivity contribution < 1.29 is 9.90 Å². The number of ketones is 1. The van der Waals surface area contributed by atoms with E-state index in [2.05, 4.69) is 19.1 Å². The summed E-state index contributed by atoms with van der Waals surface area (Å²) in [7, 11) is 0. The first-order valence-electron chi connectivity index (χ1n) is 10.1. The molecule has 0 rings (SSSR count). The third kappa shape index (κ3) is 18.6. The minimum atomic E-state index is -0.829. The van der Waals surface area contributed by atoms with Gasteiger partial charge in [0.2, 0.25) is 0 Å². The third-order valence-electron chi connectivity index (χ3n) is 3.93. The maximum absolute atomic E-state index is 11.3. The van der Waals surface area contributed by atoms with Crippen molar-refractivity contribution in [3.63, 3.8) is 0 Å². The third-order valence-corrected chi connectivity index (χ3v) is 3.93. The highest BCUT2D eigenvalue weighted by Gasteiger charge is 2.06. The molecule has 1 atom stereocenters. The van der Waals surface area contributed by atoms with Gasteiger partial charge in [0, 0.05) is 0 Å². The summed E-state index contributed by atoms with van der Waals surface area (Å²) in [5, 5.41) is 8.74. The van der Waals surface area contributed by atoms with Gasteiger partial charge in [0.05, 0.1) is 12.6 Å². The molecule has 0 amide bonds. The summed E-state index contributed by atoms with van der Waals surface area (Å²) in [5.74, 6) is -0.281. The summed E-state index contributed by atoms with van der Waals surface area (Å²) in [5.41, 5.74) is 5.39. The molecule has 3 N–H and O–H groups in total. The number of aliphatic hydroxyl groups excluding tert-OH is 1. The van der Waals surface area contributed by atoms with Crippen molar-refractivity contribution in [2.24, 2.45) is 5.73 Å². The minimum absolute atomic E-state index is 0.281. The Kier molecular flexibility index (Phi) is 18.9. The zero-order valence-electron chi connectivity index (χ0n) is 16.8. The van der Waals surface area contributed by atoms with Crippen LogP contribution in [-0.2, 0) is 4.79 Å². The van der Waals surface area contributed by atoms with Gasteiger partial charge in [-0.1, -0.05) is 112 Å². The zero-order chi connectivity index (χ0) is 20.0. The van der Waals surface area contributed by atoms with Crippen LogP contribution in [0.15, 0.2) is 72.9 Å². The first-order valence-corrected chi connectivity index (χ1v) is 10.1. The lowest BCUT2D eigenvalue weighted by atomic mass is 10.1. The second-order valence-electron chi connectivity index (χ2n) is 6.43. The summed E-state index contributed by atoms with van der Waals surface area (Å²) < 4.78 is 0. The van der Waals surface area contributed by atoms with Crippen molar-refractivity contribution in [2.75, 3.05) is 6.61 Å². The molecular formula is C24H37NO2. The van der Waals surface area contributed by atoms with E-state index >= 15 is 0 Å². The van der Waals surface area contributed by atoms with E-state index in [0.717, 1.165) is 6.42 Å². The van der Waals surface area contributed by atoms with Crippen LogP contribution in [0.3, 0.4) is 0 Å². The number of hydrogen-bond acceptors (Lipinski definition) is 3. The molecule has 0 aromatic rings. The molecule has 0 bridgehead atoms. The summed E-state index contributed by atoms with van der Waals surface area (Å²) in [4.78, 5) is 11.3. The number of carbonyl (C=O) groups is 1. The van der Waals surface area contributed by atoms with E-state index in [1.807, 2.05) is 42.5 Å². The van der Waals surface area contributed by atoms with Crippen LogP contribution in [-0.4, -0.2) is 23.5 Å². The predicted octanol–water partition coefficient (Wildman–Crippen LogP) is 5.35. The number of nitrogens with two attached hydrogens (primary N) is 1. The largest absolute Gasteiger partial charge is 0.394 e. The summed E-state index contributed by atoms with van der Waals surface area (Å²) in [6.45, 7) is 1.92. The fraction of sp³-hybridized carbons (Fsp3) is 0.458. The smallest absolute Gasteiger partial charge is 0.174 e. The van der Waals surface area contributed by atoms with Crippen molar-refractivity contribution in [3.8, 4) is 0 Å². The van der Waals surface area contributed by atoms with E-state index in [9.17, 15) is 4.79 Å². The number of aliphatic hydroxyl groups is 1. The topological polar surface area (TPSA) is 63.3 Å². The Bertz CT molecular complexity index is 524. The molecule has 0 aliphatic rings. The molecule has 0 heterocycles. The van der Waals surface area contributed by atoms with Crippen LogP contribution in [0.5, 0.6) is 0 Å². The molecule has 0 saturated carbocycles. The van der Waals surface area contributed by atoms with Gasteiger partial charge in [0.15, 0.2) is 5.78 Å². The number of hydrogen-bond donors (Lipinski definition) is 2. The monoisotopic (exact) mass is 371 g/mol. The van der Waals surface area contributed by atoms with Crippen LogP contribution in [0.1, 0.15) is 58.3 Å². The molecule has 0 aliphatic carbocycles. The zero-order valence-corrected chi connectivity index (χ0v) is 16.8. The number of carbonyl (C=O) groups excluding carboxylic acids is 1. The van der Waals surface area contributed by atoms with E-state index in [-0.39, 0.29) is 12.4 Å². The van der Waals surface area contributed by atoms with E-state index in [4.69, 9.17) is 10.8 Å². The molecule has 0 aromatic heterocycles. The Balaban J connectivity index is 3.71. The second-order valence-corrected chi connectivity index (χ2v) is 6.43. The number of unbranched alkanes of at least 4 members (excludes halogenated alkanes) is 7. The maximum atomic E-state index is 11.3. The van der Waals surface area contributed by atoms with E-state index in [0.29, 0.717) is 0 Å². The van der Waals surface area contributed by atoms with Crippen LogP contribution >= 0.6 is 0 Å². The highest BCUT2D eigenvalue weighted by atomic mass is 16.3. The molecule has 0 radical (unpaired) electrons. The van der Waals surface area contributed by atoms with Gasteiger partial charge in [-0.2, -0.15) is 0 Å².